The van der Waals surface area contributed by atoms with Crippen molar-refractivity contribution in [1.29, 1.82) is 0 Å². The van der Waals surface area contributed by atoms with E-state index >= 15 is 0 Å². The third kappa shape index (κ3) is 1.69. The average molecular weight is 298 g/mol. The number of aromatic nitrogens is 2. The summed E-state index contributed by atoms with van der Waals surface area (Å²) >= 11 is 3.46. The van der Waals surface area contributed by atoms with Gasteiger partial charge in [0.25, 0.3) is 0 Å². The van der Waals surface area contributed by atoms with Crippen LogP contribution in [0.4, 0.5) is 5.69 Å². The Morgan fingerprint density at radius 3 is 2.72 bits per heavy atom. The van der Waals surface area contributed by atoms with Gasteiger partial charge in [-0.25, -0.2) is 9.83 Å². The quantitative estimate of drug-likeness (QED) is 0.657. The van der Waals surface area contributed by atoms with E-state index in [4.69, 9.17) is 6.57 Å². The van der Waals surface area contributed by atoms with Gasteiger partial charge in [0.05, 0.1) is 17.6 Å². The number of imidazole rings is 1. The summed E-state index contributed by atoms with van der Waals surface area (Å²) in [6.07, 6.45) is 0. The fourth-order valence-electron chi connectivity index (χ4n) is 1.87. The van der Waals surface area contributed by atoms with Crippen molar-refractivity contribution in [1.82, 2.24) is 9.97 Å². The van der Waals surface area contributed by atoms with Crippen molar-refractivity contribution in [2.24, 2.45) is 0 Å². The van der Waals surface area contributed by atoms with Crippen molar-refractivity contribution < 1.29 is 0 Å². The molecule has 1 aromatic heterocycles. The maximum atomic E-state index is 7.12. The van der Waals surface area contributed by atoms with E-state index in [9.17, 15) is 0 Å². The zero-order valence-corrected chi connectivity index (χ0v) is 10.9. The Morgan fingerprint density at radius 1 is 1.11 bits per heavy atom. The molecule has 1 N–H and O–H groups in total. The number of para-hydroxylation sites is 2. The second kappa shape index (κ2) is 4.28. The lowest BCUT2D eigenvalue weighted by atomic mass is 10.2. The second-order valence-electron chi connectivity index (χ2n) is 3.85. The van der Waals surface area contributed by atoms with Gasteiger partial charge >= 0.3 is 0 Å². The molecule has 1 heterocycles. The molecular formula is C14H8BrN3. The number of hydrogen-bond acceptors (Lipinski definition) is 1. The van der Waals surface area contributed by atoms with Crippen LogP contribution < -0.4 is 0 Å². The van der Waals surface area contributed by atoms with E-state index < -0.39 is 0 Å². The molecule has 3 rings (SSSR count). The first-order chi connectivity index (χ1) is 8.79. The number of nitrogens with zero attached hydrogens (tertiary/aromatic N) is 2. The van der Waals surface area contributed by atoms with Gasteiger partial charge in [0.15, 0.2) is 0 Å². The van der Waals surface area contributed by atoms with E-state index in [1.165, 1.54) is 0 Å². The monoisotopic (exact) mass is 297 g/mol. The first kappa shape index (κ1) is 11.0. The van der Waals surface area contributed by atoms with Gasteiger partial charge in [-0.2, -0.15) is 0 Å². The molecule has 3 aromatic rings. The topological polar surface area (TPSA) is 33.0 Å². The minimum atomic E-state index is 0.591. The van der Waals surface area contributed by atoms with Crippen molar-refractivity contribution in [3.05, 3.63) is 58.4 Å². The van der Waals surface area contributed by atoms with E-state index in [0.29, 0.717) is 5.69 Å². The number of halogens is 1. The smallest absolute Gasteiger partial charge is 0.201 e. The molecule has 4 heteroatoms. The molecule has 2 aromatic carbocycles. The summed E-state index contributed by atoms with van der Waals surface area (Å²) in [5.41, 5.74) is 3.41. The summed E-state index contributed by atoms with van der Waals surface area (Å²) in [5, 5.41) is 0. The molecule has 0 aliphatic heterocycles. The molecule has 0 saturated heterocycles. The second-order valence-corrected chi connectivity index (χ2v) is 4.65. The van der Waals surface area contributed by atoms with E-state index in [1.54, 1.807) is 6.07 Å². The van der Waals surface area contributed by atoms with Crippen LogP contribution in [0.1, 0.15) is 0 Å². The molecule has 0 unspecified atom stereocenters. The highest BCUT2D eigenvalue weighted by Crippen LogP contribution is 2.35. The normalized spacial score (nSPS) is 10.4. The number of aromatic amines is 1. The molecular weight excluding hydrogens is 290 g/mol. The Balaban J connectivity index is 2.24. The van der Waals surface area contributed by atoms with Crippen molar-refractivity contribution in [3.8, 4) is 11.4 Å². The molecule has 0 spiro atoms. The van der Waals surface area contributed by atoms with E-state index in [-0.39, 0.29) is 0 Å². The van der Waals surface area contributed by atoms with Crippen LogP contribution in [0.2, 0.25) is 0 Å². The van der Waals surface area contributed by atoms with Gasteiger partial charge < -0.3 is 4.98 Å². The Hall–Kier alpha value is -2.12. The largest absolute Gasteiger partial charge is 0.338 e. The fourth-order valence-corrected chi connectivity index (χ4v) is 2.41. The van der Waals surface area contributed by atoms with E-state index in [0.717, 1.165) is 26.9 Å². The highest BCUT2D eigenvalue weighted by molar-refractivity contribution is 9.10. The van der Waals surface area contributed by atoms with Crippen LogP contribution in [0.3, 0.4) is 0 Å². The number of H-pyrrole nitrogens is 1. The number of rotatable bonds is 1. The van der Waals surface area contributed by atoms with Gasteiger partial charge in [0, 0.05) is 10.0 Å². The summed E-state index contributed by atoms with van der Waals surface area (Å²) in [4.78, 5) is 11.3. The Morgan fingerprint density at radius 2 is 1.94 bits per heavy atom. The molecule has 0 bridgehead atoms. The van der Waals surface area contributed by atoms with Crippen LogP contribution in [-0.2, 0) is 0 Å². The SMILES string of the molecule is [C-]#[N+]c1cccc(-c2nc3ccccc3[nH]2)c1Br. The molecule has 3 nitrogen and oxygen atoms in total. The summed E-state index contributed by atoms with van der Waals surface area (Å²) < 4.78 is 0.777. The van der Waals surface area contributed by atoms with Crippen LogP contribution in [0, 0.1) is 6.57 Å². The molecule has 0 fully saturated rings. The lowest BCUT2D eigenvalue weighted by Gasteiger charge is -2.02. The standard InChI is InChI=1S/C14H8BrN3/c1-16-12-8-4-5-9(13(12)15)14-17-10-6-2-3-7-11(10)18-14/h2-8H,(H,17,18). The summed E-state index contributed by atoms with van der Waals surface area (Å²) in [6.45, 7) is 7.12. The molecule has 86 valence electrons. The Labute approximate surface area is 112 Å². The maximum absolute atomic E-state index is 7.12. The first-order valence-corrected chi connectivity index (χ1v) is 6.20. The summed E-state index contributed by atoms with van der Waals surface area (Å²) in [6, 6.07) is 13.5. The van der Waals surface area contributed by atoms with E-state index in [1.807, 2.05) is 36.4 Å². The predicted octanol–water partition coefficient (Wildman–Crippen LogP) is 4.54. The minimum absolute atomic E-state index is 0.591. The minimum Gasteiger partial charge on any atom is -0.338 e. The van der Waals surface area contributed by atoms with Crippen LogP contribution in [0.5, 0.6) is 0 Å². The number of benzene rings is 2. The summed E-state index contributed by atoms with van der Waals surface area (Å²) in [7, 11) is 0. The van der Waals surface area contributed by atoms with Gasteiger partial charge in [0.2, 0.25) is 5.69 Å². The van der Waals surface area contributed by atoms with Crippen molar-refractivity contribution >= 4 is 32.7 Å². The molecule has 0 aliphatic carbocycles. The van der Waals surface area contributed by atoms with Crippen molar-refractivity contribution in [3.63, 3.8) is 0 Å². The van der Waals surface area contributed by atoms with Crippen molar-refractivity contribution in [2.75, 3.05) is 0 Å². The maximum Gasteiger partial charge on any atom is 0.201 e. The Bertz CT molecular complexity index is 735. The van der Waals surface area contributed by atoms with Crippen LogP contribution in [0.25, 0.3) is 27.3 Å². The van der Waals surface area contributed by atoms with Crippen LogP contribution in [-0.4, -0.2) is 9.97 Å². The molecule has 0 amide bonds. The lowest BCUT2D eigenvalue weighted by molar-refractivity contribution is 1.33. The highest BCUT2D eigenvalue weighted by Gasteiger charge is 2.10. The first-order valence-electron chi connectivity index (χ1n) is 5.40. The summed E-state index contributed by atoms with van der Waals surface area (Å²) in [5.74, 6) is 0.772. The average Bonchev–Trinajstić information content (AvgIpc) is 2.82. The lowest BCUT2D eigenvalue weighted by Crippen LogP contribution is -1.82. The fraction of sp³-hybridized carbons (Fsp3) is 0. The number of nitrogens with one attached hydrogen (secondary N) is 1. The molecule has 0 atom stereocenters. The van der Waals surface area contributed by atoms with Crippen LogP contribution >= 0.6 is 15.9 Å². The molecule has 0 aliphatic rings. The van der Waals surface area contributed by atoms with Gasteiger partial charge in [-0.3, -0.25) is 0 Å². The third-order valence-electron chi connectivity index (χ3n) is 2.74. The van der Waals surface area contributed by atoms with Crippen LogP contribution in [0.15, 0.2) is 46.9 Å². The molecule has 18 heavy (non-hydrogen) atoms. The van der Waals surface area contributed by atoms with E-state index in [2.05, 4.69) is 30.7 Å². The number of fused-ring (bicyclic) bond motifs is 1. The predicted molar refractivity (Wildman–Crippen MR) is 75.5 cm³/mol. The van der Waals surface area contributed by atoms with Gasteiger partial charge in [-0.15, -0.1) is 0 Å². The third-order valence-corrected chi connectivity index (χ3v) is 3.58. The van der Waals surface area contributed by atoms with Gasteiger partial charge in [0.1, 0.15) is 5.82 Å². The van der Waals surface area contributed by atoms with Gasteiger partial charge in [-0.1, -0.05) is 46.3 Å². The number of hydrogen-bond donors (Lipinski definition) is 1. The molecule has 0 radical (unpaired) electrons. The zero-order chi connectivity index (χ0) is 12.5. The van der Waals surface area contributed by atoms with Gasteiger partial charge in [-0.05, 0) is 12.1 Å². The zero-order valence-electron chi connectivity index (χ0n) is 9.31. The Kier molecular flexibility index (Phi) is 2.62. The highest BCUT2D eigenvalue weighted by atomic mass is 79.9. The van der Waals surface area contributed by atoms with Crippen molar-refractivity contribution in [2.45, 2.75) is 0 Å². The molecule has 0 saturated carbocycles.